The number of aromatic nitrogens is 1. The van der Waals surface area contributed by atoms with Crippen molar-refractivity contribution >= 4 is 43.7 Å². The average molecular weight is 400 g/mol. The van der Waals surface area contributed by atoms with Crippen LogP contribution in [0.3, 0.4) is 0 Å². The summed E-state index contributed by atoms with van der Waals surface area (Å²) < 4.78 is 6.31. The van der Waals surface area contributed by atoms with Gasteiger partial charge in [0, 0.05) is 34.4 Å². The van der Waals surface area contributed by atoms with E-state index in [0.717, 1.165) is 21.1 Å². The Bertz CT molecular complexity index is 642. The molecule has 3 rings (SSSR count). The maximum absolute atomic E-state index is 12.0. The quantitative estimate of drug-likeness (QED) is 0.736. The highest BCUT2D eigenvalue weighted by Crippen LogP contribution is 2.30. The first kappa shape index (κ1) is 13.8. The van der Waals surface area contributed by atoms with Gasteiger partial charge in [0.15, 0.2) is 0 Å². The van der Waals surface area contributed by atoms with Gasteiger partial charge in [0.2, 0.25) is 11.8 Å². The Kier molecular flexibility index (Phi) is 3.94. The lowest BCUT2D eigenvalue weighted by Crippen LogP contribution is -2.24. The van der Waals surface area contributed by atoms with Crippen molar-refractivity contribution in [3.8, 4) is 11.3 Å². The molecule has 2 heterocycles. The van der Waals surface area contributed by atoms with E-state index in [9.17, 15) is 4.79 Å². The molecule has 1 aromatic carbocycles. The lowest BCUT2D eigenvalue weighted by atomic mass is 10.1. The highest BCUT2D eigenvalue weighted by Gasteiger charge is 2.32. The van der Waals surface area contributed by atoms with E-state index in [2.05, 4.69) is 37.0 Å². The lowest BCUT2D eigenvalue weighted by Gasteiger charge is -2.10. The summed E-state index contributed by atoms with van der Waals surface area (Å²) in [6, 6.07) is 9.63. The molecule has 4 nitrogen and oxygen atoms in total. The van der Waals surface area contributed by atoms with Crippen LogP contribution in [0.1, 0.15) is 6.42 Å². The first-order valence-electron chi connectivity index (χ1n) is 6.26. The molecule has 1 amide bonds. The summed E-state index contributed by atoms with van der Waals surface area (Å²) in [4.78, 5) is 13.6. The van der Waals surface area contributed by atoms with Crippen LogP contribution < -0.4 is 4.90 Å². The van der Waals surface area contributed by atoms with E-state index in [-0.39, 0.29) is 5.91 Å². The second-order valence-electron chi connectivity index (χ2n) is 4.79. The number of carbonyl (C=O) groups excluding carboxylic acids is 1. The fourth-order valence-corrected chi connectivity index (χ4v) is 3.11. The van der Waals surface area contributed by atoms with Crippen LogP contribution in [0, 0.1) is 5.92 Å². The SMILES string of the molecule is O=C1CC(CBr)CN1c1cc(-c2cccc(Br)c2)no1. The molecular weight excluding hydrogens is 388 g/mol. The molecule has 0 saturated carbocycles. The number of benzene rings is 1. The standard InChI is InChI=1S/C14H12Br2N2O2/c15-7-9-4-13(19)18(8-9)14-6-12(17-20-14)10-2-1-3-11(16)5-10/h1-3,5-6,9H,4,7-8H2. The minimum absolute atomic E-state index is 0.0893. The van der Waals surface area contributed by atoms with Crippen LogP contribution in [0.2, 0.25) is 0 Å². The molecule has 1 aliphatic heterocycles. The summed E-state index contributed by atoms with van der Waals surface area (Å²) in [5.74, 6) is 0.946. The Labute approximate surface area is 133 Å². The second-order valence-corrected chi connectivity index (χ2v) is 6.35. The van der Waals surface area contributed by atoms with E-state index < -0.39 is 0 Å². The fourth-order valence-electron chi connectivity index (χ4n) is 2.27. The first-order valence-corrected chi connectivity index (χ1v) is 8.18. The predicted molar refractivity (Wildman–Crippen MR) is 83.9 cm³/mol. The van der Waals surface area contributed by atoms with Gasteiger partial charge in [-0.05, 0) is 18.1 Å². The van der Waals surface area contributed by atoms with Gasteiger partial charge in [0.25, 0.3) is 0 Å². The maximum atomic E-state index is 12.0. The van der Waals surface area contributed by atoms with E-state index in [4.69, 9.17) is 4.52 Å². The van der Waals surface area contributed by atoms with Gasteiger partial charge in [0.05, 0.1) is 0 Å². The number of anilines is 1. The zero-order chi connectivity index (χ0) is 14.1. The van der Waals surface area contributed by atoms with Gasteiger partial charge in [-0.15, -0.1) is 0 Å². The molecule has 1 unspecified atom stereocenters. The number of alkyl halides is 1. The summed E-state index contributed by atoms with van der Waals surface area (Å²) in [5, 5.41) is 4.88. The van der Waals surface area contributed by atoms with Crippen LogP contribution in [0.25, 0.3) is 11.3 Å². The molecule has 1 fully saturated rings. The van der Waals surface area contributed by atoms with Gasteiger partial charge in [-0.3, -0.25) is 9.69 Å². The molecule has 0 bridgehead atoms. The molecule has 0 aliphatic carbocycles. The number of hydrogen-bond acceptors (Lipinski definition) is 3. The Morgan fingerprint density at radius 3 is 2.95 bits per heavy atom. The maximum Gasteiger partial charge on any atom is 0.234 e. The van der Waals surface area contributed by atoms with Crippen molar-refractivity contribution in [2.45, 2.75) is 6.42 Å². The minimum Gasteiger partial charge on any atom is -0.338 e. The topological polar surface area (TPSA) is 46.3 Å². The molecule has 1 atom stereocenters. The number of halogens is 2. The van der Waals surface area contributed by atoms with Crippen LogP contribution in [0.15, 0.2) is 39.3 Å². The Balaban J connectivity index is 1.86. The van der Waals surface area contributed by atoms with Crippen LogP contribution in [-0.2, 0) is 4.79 Å². The fraction of sp³-hybridized carbons (Fsp3) is 0.286. The molecular formula is C14H12Br2N2O2. The van der Waals surface area contributed by atoms with Crippen molar-refractivity contribution in [3.05, 3.63) is 34.8 Å². The van der Waals surface area contributed by atoms with Crippen molar-refractivity contribution in [3.63, 3.8) is 0 Å². The van der Waals surface area contributed by atoms with Crippen molar-refractivity contribution in [1.29, 1.82) is 0 Å². The summed E-state index contributed by atoms with van der Waals surface area (Å²) in [6.45, 7) is 0.678. The molecule has 0 N–H and O–H groups in total. The molecule has 6 heteroatoms. The van der Waals surface area contributed by atoms with Gasteiger partial charge >= 0.3 is 0 Å². The van der Waals surface area contributed by atoms with Gasteiger partial charge in [-0.2, -0.15) is 0 Å². The summed E-state index contributed by atoms with van der Waals surface area (Å²) in [5.41, 5.74) is 1.69. The Morgan fingerprint density at radius 1 is 1.40 bits per heavy atom. The van der Waals surface area contributed by atoms with Gasteiger partial charge in [-0.25, -0.2) is 0 Å². The number of carbonyl (C=O) groups is 1. The molecule has 0 spiro atoms. The number of hydrogen-bond donors (Lipinski definition) is 0. The first-order chi connectivity index (χ1) is 9.67. The molecule has 2 aromatic rings. The van der Waals surface area contributed by atoms with Crippen molar-refractivity contribution < 1.29 is 9.32 Å². The molecule has 0 radical (unpaired) electrons. The highest BCUT2D eigenvalue weighted by atomic mass is 79.9. The van der Waals surface area contributed by atoms with Crippen LogP contribution in [0.5, 0.6) is 0 Å². The third kappa shape index (κ3) is 2.67. The van der Waals surface area contributed by atoms with Crippen LogP contribution in [-0.4, -0.2) is 22.9 Å². The van der Waals surface area contributed by atoms with Crippen LogP contribution >= 0.6 is 31.9 Å². The smallest absolute Gasteiger partial charge is 0.234 e. The lowest BCUT2D eigenvalue weighted by molar-refractivity contribution is -0.117. The van der Waals surface area contributed by atoms with E-state index >= 15 is 0 Å². The van der Waals surface area contributed by atoms with Crippen molar-refractivity contribution in [2.24, 2.45) is 5.92 Å². The van der Waals surface area contributed by atoms with Gasteiger partial charge < -0.3 is 4.52 Å². The predicted octanol–water partition coefficient (Wildman–Crippen LogP) is 3.85. The minimum atomic E-state index is 0.0893. The van der Waals surface area contributed by atoms with Gasteiger partial charge in [0.1, 0.15) is 5.69 Å². The highest BCUT2D eigenvalue weighted by molar-refractivity contribution is 9.10. The zero-order valence-corrected chi connectivity index (χ0v) is 13.7. The van der Waals surface area contributed by atoms with Crippen molar-refractivity contribution in [1.82, 2.24) is 5.16 Å². The zero-order valence-electron chi connectivity index (χ0n) is 10.6. The van der Waals surface area contributed by atoms with E-state index in [1.54, 1.807) is 4.90 Å². The van der Waals surface area contributed by atoms with E-state index in [1.165, 1.54) is 0 Å². The monoisotopic (exact) mass is 398 g/mol. The number of amides is 1. The Hall–Kier alpha value is -1.14. The average Bonchev–Trinajstić information content (AvgIpc) is 3.05. The van der Waals surface area contributed by atoms with E-state index in [1.807, 2.05) is 30.3 Å². The normalized spacial score (nSPS) is 18.8. The molecule has 104 valence electrons. The summed E-state index contributed by atoms with van der Waals surface area (Å²) >= 11 is 6.85. The largest absolute Gasteiger partial charge is 0.338 e. The molecule has 1 saturated heterocycles. The van der Waals surface area contributed by atoms with Crippen molar-refractivity contribution in [2.75, 3.05) is 16.8 Å². The number of nitrogens with zero attached hydrogens (tertiary/aromatic N) is 2. The second kappa shape index (κ2) is 5.69. The molecule has 1 aliphatic rings. The van der Waals surface area contributed by atoms with Crippen LogP contribution in [0.4, 0.5) is 5.88 Å². The third-order valence-corrected chi connectivity index (χ3v) is 4.72. The Morgan fingerprint density at radius 2 is 2.25 bits per heavy atom. The number of rotatable bonds is 3. The van der Waals surface area contributed by atoms with E-state index in [0.29, 0.717) is 24.8 Å². The third-order valence-electron chi connectivity index (χ3n) is 3.31. The molecule has 20 heavy (non-hydrogen) atoms. The van der Waals surface area contributed by atoms with Gasteiger partial charge in [-0.1, -0.05) is 49.1 Å². The summed E-state index contributed by atoms with van der Waals surface area (Å²) in [6.07, 6.45) is 0.554. The summed E-state index contributed by atoms with van der Waals surface area (Å²) in [7, 11) is 0. The molecule has 1 aromatic heterocycles.